The minimum atomic E-state index is 1.03. The molecule has 0 bridgehead atoms. The summed E-state index contributed by atoms with van der Waals surface area (Å²) < 4.78 is 1.10. The third-order valence-corrected chi connectivity index (χ3v) is 2.26. The highest BCUT2D eigenvalue weighted by molar-refractivity contribution is 9.10. The number of hydrogen-bond acceptors (Lipinski definition) is 0. The van der Waals surface area contributed by atoms with Crippen LogP contribution < -0.4 is 0 Å². The number of hydrogen-bond donors (Lipinski definition) is 0. The molecular weight excluding hydrogens is 200 g/mol. The quantitative estimate of drug-likeness (QED) is 0.619. The molecule has 0 aliphatic carbocycles. The Balaban J connectivity index is 2.91. The maximum absolute atomic E-state index is 3.46. The Hall–Kier alpha value is -0.820. The molecule has 0 N–H and O–H groups in total. The molecule has 0 saturated heterocycles. The number of fused-ring (bicyclic) bond motifs is 1. The highest BCUT2D eigenvalue weighted by atomic mass is 79.9. The molecule has 0 aromatic heterocycles. The van der Waals surface area contributed by atoms with Crippen LogP contribution in [-0.2, 0) is 0 Å². The minimum Gasteiger partial charge on any atom is -0.0610 e. The van der Waals surface area contributed by atoms with Crippen LogP contribution in [0.1, 0.15) is 0 Å². The van der Waals surface area contributed by atoms with Gasteiger partial charge in [-0.2, -0.15) is 0 Å². The van der Waals surface area contributed by atoms with Gasteiger partial charge in [-0.05, 0) is 29.0 Å². The zero-order chi connectivity index (χ0) is 7.68. The Morgan fingerprint density at radius 3 is 2.73 bits per heavy atom. The molecule has 0 aliphatic rings. The Labute approximate surface area is 74.0 Å². The van der Waals surface area contributed by atoms with Crippen molar-refractivity contribution in [3.05, 3.63) is 46.9 Å². The molecule has 0 unspecified atom stereocenters. The van der Waals surface area contributed by atoms with E-state index in [-0.39, 0.29) is 0 Å². The fraction of sp³-hybridized carbons (Fsp3) is 0. The Morgan fingerprint density at radius 1 is 1.09 bits per heavy atom. The fourth-order valence-electron chi connectivity index (χ4n) is 1.04. The summed E-state index contributed by atoms with van der Waals surface area (Å²) in [5.41, 5.74) is 0. The van der Waals surface area contributed by atoms with Crippen molar-refractivity contribution in [3.63, 3.8) is 0 Å². The second kappa shape index (κ2) is 2.67. The average Bonchev–Trinajstić information content (AvgIpc) is 2.06. The van der Waals surface area contributed by atoms with Gasteiger partial charge in [0.1, 0.15) is 0 Å². The van der Waals surface area contributed by atoms with Gasteiger partial charge in [-0.15, -0.1) is 0 Å². The summed E-state index contributed by atoms with van der Waals surface area (Å²) >= 11 is 3.46. The van der Waals surface area contributed by atoms with Crippen LogP contribution in [-0.4, -0.2) is 0 Å². The second-order valence-corrected chi connectivity index (χ2v) is 3.14. The molecule has 2 aromatic carbocycles. The molecule has 2 rings (SSSR count). The lowest BCUT2D eigenvalue weighted by Crippen LogP contribution is -1.72. The van der Waals surface area contributed by atoms with E-state index in [1.165, 1.54) is 0 Å². The number of rotatable bonds is 0. The number of benzene rings is 2. The van der Waals surface area contributed by atoms with Gasteiger partial charge in [0.05, 0.1) is 0 Å². The molecule has 2 radical (unpaired) electrons. The Kier molecular flexibility index (Phi) is 1.66. The van der Waals surface area contributed by atoms with Gasteiger partial charge >= 0.3 is 0 Å². The lowest BCUT2D eigenvalue weighted by atomic mass is 10.1. The minimum absolute atomic E-state index is 1.03. The second-order valence-electron chi connectivity index (χ2n) is 2.28. The van der Waals surface area contributed by atoms with Crippen LogP contribution in [0.2, 0.25) is 0 Å². The molecule has 1 heteroatoms. The summed E-state index contributed by atoms with van der Waals surface area (Å²) in [5.74, 6) is 0. The van der Waals surface area contributed by atoms with Crippen molar-refractivity contribution in [2.75, 3.05) is 0 Å². The zero-order valence-electron chi connectivity index (χ0n) is 5.76. The molecule has 0 amide bonds. The predicted molar refractivity (Wildman–Crippen MR) is 49.3 cm³/mol. The van der Waals surface area contributed by atoms with Gasteiger partial charge in [0.15, 0.2) is 0 Å². The normalized spacial score (nSPS) is 10.3. The molecule has 0 spiro atoms. The molecular formula is C10H5Br. The van der Waals surface area contributed by atoms with Crippen LogP contribution in [0.4, 0.5) is 0 Å². The van der Waals surface area contributed by atoms with Crippen molar-refractivity contribution in [2.45, 2.75) is 0 Å². The Bertz CT molecular complexity index is 374. The van der Waals surface area contributed by atoms with Crippen molar-refractivity contribution in [1.29, 1.82) is 0 Å². The van der Waals surface area contributed by atoms with E-state index in [2.05, 4.69) is 28.1 Å². The summed E-state index contributed by atoms with van der Waals surface area (Å²) in [6, 6.07) is 16.0. The molecule has 0 aliphatic heterocycles. The summed E-state index contributed by atoms with van der Waals surface area (Å²) in [6.45, 7) is 0. The van der Waals surface area contributed by atoms with E-state index in [1.807, 2.05) is 30.3 Å². The van der Waals surface area contributed by atoms with Gasteiger partial charge in [0, 0.05) is 4.47 Å². The molecule has 2 aromatic rings. The summed E-state index contributed by atoms with van der Waals surface area (Å²) in [6.07, 6.45) is 0. The van der Waals surface area contributed by atoms with Gasteiger partial charge < -0.3 is 0 Å². The summed E-state index contributed by atoms with van der Waals surface area (Å²) in [4.78, 5) is 0. The first-order chi connectivity index (χ1) is 5.38. The van der Waals surface area contributed by atoms with Crippen LogP contribution in [0, 0.1) is 12.1 Å². The fourth-order valence-corrected chi connectivity index (χ4v) is 1.51. The van der Waals surface area contributed by atoms with E-state index < -0.39 is 0 Å². The van der Waals surface area contributed by atoms with Crippen LogP contribution in [0.15, 0.2) is 34.8 Å². The average molecular weight is 205 g/mol. The highest BCUT2D eigenvalue weighted by Crippen LogP contribution is 2.21. The van der Waals surface area contributed by atoms with Crippen molar-refractivity contribution >= 4 is 26.7 Å². The standard InChI is InChI=1S/C10H5Br/c11-10-7-3-5-8-4-1-2-6-9(8)10/h1-3,6-7H. The van der Waals surface area contributed by atoms with Gasteiger partial charge in [-0.25, -0.2) is 0 Å². The van der Waals surface area contributed by atoms with Gasteiger partial charge in [-0.1, -0.05) is 40.2 Å². The molecule has 0 fully saturated rings. The van der Waals surface area contributed by atoms with Crippen molar-refractivity contribution < 1.29 is 0 Å². The topological polar surface area (TPSA) is 0 Å². The maximum Gasteiger partial charge on any atom is 0.0254 e. The lowest BCUT2D eigenvalue weighted by molar-refractivity contribution is 1.69. The van der Waals surface area contributed by atoms with Gasteiger partial charge in [-0.3, -0.25) is 0 Å². The third-order valence-electron chi connectivity index (χ3n) is 1.57. The third kappa shape index (κ3) is 1.16. The van der Waals surface area contributed by atoms with Crippen LogP contribution in [0.5, 0.6) is 0 Å². The van der Waals surface area contributed by atoms with E-state index in [0.717, 1.165) is 15.2 Å². The molecule has 0 atom stereocenters. The molecule has 0 heterocycles. The smallest absolute Gasteiger partial charge is 0.0254 e. The van der Waals surface area contributed by atoms with Crippen molar-refractivity contribution in [3.8, 4) is 0 Å². The molecule has 0 nitrogen and oxygen atoms in total. The largest absolute Gasteiger partial charge is 0.0610 e. The number of halogens is 1. The van der Waals surface area contributed by atoms with Gasteiger partial charge in [0.2, 0.25) is 0 Å². The van der Waals surface area contributed by atoms with E-state index in [1.54, 1.807) is 0 Å². The molecule has 52 valence electrons. The van der Waals surface area contributed by atoms with Crippen LogP contribution in [0.25, 0.3) is 10.8 Å². The summed E-state index contributed by atoms with van der Waals surface area (Å²) in [7, 11) is 0. The van der Waals surface area contributed by atoms with Crippen LogP contribution in [0.3, 0.4) is 0 Å². The molecule has 11 heavy (non-hydrogen) atoms. The molecule has 0 saturated carbocycles. The van der Waals surface area contributed by atoms with E-state index >= 15 is 0 Å². The van der Waals surface area contributed by atoms with Crippen molar-refractivity contribution in [2.24, 2.45) is 0 Å². The first-order valence-electron chi connectivity index (χ1n) is 3.34. The van der Waals surface area contributed by atoms with Crippen molar-refractivity contribution in [1.82, 2.24) is 0 Å². The first kappa shape index (κ1) is 6.86. The predicted octanol–water partition coefficient (Wildman–Crippen LogP) is 3.20. The van der Waals surface area contributed by atoms with E-state index in [9.17, 15) is 0 Å². The SMILES string of the molecule is Brc1cc[c]c2[c]cccc12. The van der Waals surface area contributed by atoms with E-state index in [0.29, 0.717) is 0 Å². The first-order valence-corrected chi connectivity index (χ1v) is 4.14. The lowest BCUT2D eigenvalue weighted by Gasteiger charge is -1.96. The zero-order valence-corrected chi connectivity index (χ0v) is 7.35. The van der Waals surface area contributed by atoms with E-state index in [4.69, 9.17) is 0 Å². The Morgan fingerprint density at radius 2 is 1.91 bits per heavy atom. The van der Waals surface area contributed by atoms with Crippen LogP contribution >= 0.6 is 15.9 Å². The van der Waals surface area contributed by atoms with Gasteiger partial charge in [0.25, 0.3) is 0 Å². The highest BCUT2D eigenvalue weighted by Gasteiger charge is 1.94. The monoisotopic (exact) mass is 204 g/mol. The maximum atomic E-state index is 3.46. The summed E-state index contributed by atoms with van der Waals surface area (Å²) in [5, 5.41) is 2.19.